The lowest BCUT2D eigenvalue weighted by molar-refractivity contribution is -0.687. The van der Waals surface area contributed by atoms with Crippen molar-refractivity contribution in [1.82, 2.24) is 15.2 Å². The van der Waals surface area contributed by atoms with Crippen molar-refractivity contribution < 1.29 is 47.2 Å². The van der Waals surface area contributed by atoms with Gasteiger partial charge in [0.1, 0.15) is 24.3 Å². The largest absolute Gasteiger partial charge is 0.497 e. The van der Waals surface area contributed by atoms with Gasteiger partial charge in [0, 0.05) is 30.0 Å². The van der Waals surface area contributed by atoms with Gasteiger partial charge in [0.05, 0.1) is 30.2 Å². The standard InChI is InChI=1S/C32H30FN7O8S2/c1-19(41)36-31-37-24(17-49-31)32(38-25(42)15-35-48-18-33)23(4-3-11-39-12-9-21(10-13-39)29(34)44)28(40-26(43)14-27(40)50-32)30(45)47-16-20-5-7-22(46-2)8-6-20/h3-10,12-13,15,17,27H,11,14,16,18H2,1-2H3,(H3-,34,36,37,38,41,42,44)/p+1/b4-3-,35-15?/t27-,32?/m0/s1. The highest BCUT2D eigenvalue weighted by Crippen LogP contribution is 2.54. The molecule has 4 heterocycles. The third-order valence-corrected chi connectivity index (χ3v) is 9.63. The zero-order chi connectivity index (χ0) is 35.8. The molecule has 5 rings (SSSR count). The first kappa shape index (κ1) is 35.7. The van der Waals surface area contributed by atoms with Crippen LogP contribution in [0.4, 0.5) is 9.52 Å². The van der Waals surface area contributed by atoms with E-state index in [4.69, 9.17) is 15.2 Å². The van der Waals surface area contributed by atoms with Gasteiger partial charge in [-0.2, -0.15) is 0 Å². The van der Waals surface area contributed by atoms with E-state index in [-0.39, 0.29) is 53.5 Å². The summed E-state index contributed by atoms with van der Waals surface area (Å²) in [6.07, 6.45) is 7.23. The molecule has 4 N–H and O–H groups in total. The van der Waals surface area contributed by atoms with Gasteiger partial charge in [0.15, 0.2) is 28.9 Å². The molecule has 15 nitrogen and oxygen atoms in total. The summed E-state index contributed by atoms with van der Waals surface area (Å²) in [5.41, 5.74) is 6.50. The first-order valence-corrected chi connectivity index (χ1v) is 16.6. The maximum atomic E-state index is 14.1. The van der Waals surface area contributed by atoms with Crippen molar-refractivity contribution in [3.05, 3.63) is 94.4 Å². The van der Waals surface area contributed by atoms with Crippen molar-refractivity contribution in [3.63, 3.8) is 0 Å². The number of ether oxygens (including phenoxy) is 2. The molecule has 0 bridgehead atoms. The van der Waals surface area contributed by atoms with Gasteiger partial charge in [0.2, 0.25) is 17.7 Å². The number of oxime groups is 1. The summed E-state index contributed by atoms with van der Waals surface area (Å²) < 4.78 is 25.3. The van der Waals surface area contributed by atoms with Crippen LogP contribution in [-0.2, 0) is 46.8 Å². The number of methoxy groups -OCH3 is 1. The van der Waals surface area contributed by atoms with Gasteiger partial charge >= 0.3 is 5.97 Å². The number of benzene rings is 1. The quantitative estimate of drug-likeness (QED) is 0.0730. The first-order chi connectivity index (χ1) is 24.0. The van der Waals surface area contributed by atoms with E-state index in [1.807, 2.05) is 0 Å². The molecule has 3 aromatic rings. The Bertz CT molecular complexity index is 1880. The monoisotopic (exact) mass is 724 g/mol. The number of primary amides is 1. The number of carbonyl (C=O) groups excluding carboxylic acids is 5. The van der Waals surface area contributed by atoms with Crippen LogP contribution in [0.15, 0.2) is 82.7 Å². The third kappa shape index (κ3) is 7.98. The molecule has 2 aromatic heterocycles. The molecular weight excluding hydrogens is 694 g/mol. The second-order valence-corrected chi connectivity index (χ2v) is 12.9. The van der Waals surface area contributed by atoms with Crippen LogP contribution in [-0.4, -0.2) is 65.0 Å². The minimum atomic E-state index is -1.67. The van der Waals surface area contributed by atoms with Crippen LogP contribution in [0.3, 0.4) is 0 Å². The topological polar surface area (TPSA) is 195 Å². The number of nitrogens with one attached hydrogen (secondary N) is 2. The van der Waals surface area contributed by atoms with E-state index in [0.717, 1.165) is 29.3 Å². The molecule has 18 heteroatoms. The molecule has 0 saturated carbocycles. The SMILES string of the molecule is COc1ccc(COC(=O)C2=C(/C=C\C[n+]3ccc(C(N)=O)cc3)C(NC(=O)C=NOCF)(c3csc(NC(C)=O)n3)S[C@H]3CC(=O)N23)cc1. The van der Waals surface area contributed by atoms with Crippen molar-refractivity contribution in [2.45, 2.75) is 36.7 Å². The third-order valence-electron chi connectivity index (χ3n) is 7.33. The fourth-order valence-electron chi connectivity index (χ4n) is 5.02. The minimum absolute atomic E-state index is 0.0261. The number of esters is 1. The fourth-order valence-corrected chi connectivity index (χ4v) is 7.54. The number of nitrogens with zero attached hydrogens (tertiary/aromatic N) is 4. The molecule has 2 aliphatic rings. The van der Waals surface area contributed by atoms with Gasteiger partial charge in [-0.1, -0.05) is 35.1 Å². The van der Waals surface area contributed by atoms with Crippen molar-refractivity contribution in [3.8, 4) is 5.75 Å². The number of aromatic nitrogens is 2. The summed E-state index contributed by atoms with van der Waals surface area (Å²) in [4.78, 5) is 72.4. The summed E-state index contributed by atoms with van der Waals surface area (Å²) in [6, 6.07) is 9.94. The highest BCUT2D eigenvalue weighted by Gasteiger charge is 2.56. The fraction of sp³-hybridized carbons (Fsp3) is 0.250. The van der Waals surface area contributed by atoms with E-state index >= 15 is 0 Å². The van der Waals surface area contributed by atoms with Crippen LogP contribution >= 0.6 is 23.1 Å². The Morgan fingerprint density at radius 3 is 2.58 bits per heavy atom. The van der Waals surface area contributed by atoms with E-state index < -0.39 is 34.9 Å². The van der Waals surface area contributed by atoms with Crippen LogP contribution in [0, 0.1) is 0 Å². The van der Waals surface area contributed by atoms with E-state index in [1.54, 1.807) is 70.9 Å². The number of alkyl halides is 1. The van der Waals surface area contributed by atoms with Gasteiger partial charge in [0.25, 0.3) is 12.8 Å². The second-order valence-electron chi connectivity index (χ2n) is 10.6. The number of β-lactam (4-membered cyclic amide) rings is 1. The number of fused-ring (bicyclic) bond motifs is 1. The molecule has 260 valence electrons. The Hall–Kier alpha value is -5.62. The Kier molecular flexibility index (Phi) is 11.2. The summed E-state index contributed by atoms with van der Waals surface area (Å²) in [5.74, 6) is -2.42. The van der Waals surface area contributed by atoms with Gasteiger partial charge in [-0.15, -0.1) is 11.3 Å². The molecule has 1 unspecified atom stereocenters. The van der Waals surface area contributed by atoms with Gasteiger partial charge in [-0.3, -0.25) is 24.1 Å². The van der Waals surface area contributed by atoms with Crippen molar-refractivity contribution in [2.24, 2.45) is 10.9 Å². The number of nitrogens with two attached hydrogens (primary N) is 1. The minimum Gasteiger partial charge on any atom is -0.497 e. The summed E-state index contributed by atoms with van der Waals surface area (Å²) in [6.45, 7) is 0.0981. The molecule has 1 saturated heterocycles. The first-order valence-electron chi connectivity index (χ1n) is 14.8. The lowest BCUT2D eigenvalue weighted by atomic mass is 9.96. The Balaban J connectivity index is 1.63. The highest BCUT2D eigenvalue weighted by atomic mass is 32.2. The van der Waals surface area contributed by atoms with E-state index in [9.17, 15) is 28.4 Å². The molecule has 1 fully saturated rings. The summed E-state index contributed by atoms with van der Waals surface area (Å²) in [7, 11) is 1.53. The van der Waals surface area contributed by atoms with Gasteiger partial charge < -0.3 is 30.7 Å². The predicted molar refractivity (Wildman–Crippen MR) is 179 cm³/mol. The molecule has 0 aliphatic carbocycles. The number of thiazole rings is 1. The number of amides is 4. The predicted octanol–water partition coefficient (Wildman–Crippen LogP) is 2.25. The molecular formula is C32H31FN7O8S2+. The Morgan fingerprint density at radius 2 is 1.94 bits per heavy atom. The van der Waals surface area contributed by atoms with Crippen molar-refractivity contribution in [2.75, 3.05) is 19.3 Å². The highest BCUT2D eigenvalue weighted by molar-refractivity contribution is 8.01. The smallest absolute Gasteiger partial charge is 0.355 e. The maximum absolute atomic E-state index is 14.1. The van der Waals surface area contributed by atoms with Crippen molar-refractivity contribution >= 4 is 64.0 Å². The van der Waals surface area contributed by atoms with Crippen LogP contribution in [0.5, 0.6) is 5.75 Å². The second kappa shape index (κ2) is 15.7. The molecule has 2 atom stereocenters. The molecule has 1 aromatic carbocycles. The Morgan fingerprint density at radius 1 is 1.20 bits per heavy atom. The molecule has 0 radical (unpaired) electrons. The normalized spacial score (nSPS) is 18.4. The van der Waals surface area contributed by atoms with E-state index in [0.29, 0.717) is 16.9 Å². The lowest BCUT2D eigenvalue weighted by Gasteiger charge is -2.51. The number of allylic oxidation sites excluding steroid dienone is 1. The average molecular weight is 725 g/mol. The van der Waals surface area contributed by atoms with E-state index in [1.165, 1.54) is 18.9 Å². The number of hydrogen-bond donors (Lipinski definition) is 3. The van der Waals surface area contributed by atoms with Crippen LogP contribution in [0.1, 0.15) is 35.0 Å². The molecule has 2 aliphatic heterocycles. The Labute approximate surface area is 292 Å². The number of pyridine rings is 1. The number of thioether (sulfide) groups is 1. The van der Waals surface area contributed by atoms with Gasteiger partial charge in [-0.05, 0) is 23.8 Å². The lowest BCUT2D eigenvalue weighted by Crippen LogP contribution is -2.60. The van der Waals surface area contributed by atoms with E-state index in [2.05, 4.69) is 25.6 Å². The zero-order valence-electron chi connectivity index (χ0n) is 26.7. The molecule has 0 spiro atoms. The number of anilines is 1. The average Bonchev–Trinajstić information content (AvgIpc) is 3.56. The van der Waals surface area contributed by atoms with Gasteiger partial charge in [-0.25, -0.2) is 18.7 Å². The number of hydrogen-bond acceptors (Lipinski definition) is 12. The molecule has 4 amide bonds. The maximum Gasteiger partial charge on any atom is 0.355 e. The van der Waals surface area contributed by atoms with Crippen molar-refractivity contribution in [1.29, 1.82) is 0 Å². The number of carbonyl (C=O) groups is 5. The summed E-state index contributed by atoms with van der Waals surface area (Å²) in [5, 5.41) is 9.95. The van der Waals surface area contributed by atoms with Crippen LogP contribution in [0.2, 0.25) is 0 Å². The summed E-state index contributed by atoms with van der Waals surface area (Å²) >= 11 is 2.20. The van der Waals surface area contributed by atoms with Crippen LogP contribution in [0.25, 0.3) is 0 Å². The number of rotatable bonds is 14. The number of halogens is 1. The zero-order valence-corrected chi connectivity index (χ0v) is 28.3. The van der Waals surface area contributed by atoms with Crippen LogP contribution < -0.4 is 25.7 Å². The molecule has 50 heavy (non-hydrogen) atoms.